The molecule has 0 heterocycles. The Morgan fingerprint density at radius 3 is 2.60 bits per heavy atom. The number of rotatable bonds is 4. The van der Waals surface area contributed by atoms with E-state index in [1.54, 1.807) is 0 Å². The van der Waals surface area contributed by atoms with Gasteiger partial charge in [0.25, 0.3) is 0 Å². The summed E-state index contributed by atoms with van der Waals surface area (Å²) >= 11 is 0. The summed E-state index contributed by atoms with van der Waals surface area (Å²) in [5, 5.41) is 10.2. The third-order valence-electron chi connectivity index (χ3n) is 3.99. The van der Waals surface area contributed by atoms with Crippen molar-refractivity contribution in [1.29, 1.82) is 0 Å². The van der Waals surface area contributed by atoms with Gasteiger partial charge in [-0.15, -0.1) is 0 Å². The second-order valence-electron chi connectivity index (χ2n) is 5.21. The van der Waals surface area contributed by atoms with Gasteiger partial charge in [-0.2, -0.15) is 0 Å². The van der Waals surface area contributed by atoms with Gasteiger partial charge in [0.2, 0.25) is 0 Å². The van der Waals surface area contributed by atoms with E-state index in [0.717, 1.165) is 38.6 Å². The van der Waals surface area contributed by atoms with E-state index in [0.29, 0.717) is 18.6 Å². The van der Waals surface area contributed by atoms with Crippen molar-refractivity contribution < 1.29 is 9.84 Å². The van der Waals surface area contributed by atoms with Crippen LogP contribution in [0.5, 0.6) is 0 Å². The van der Waals surface area contributed by atoms with Crippen LogP contribution in [0.3, 0.4) is 0 Å². The zero-order valence-electron chi connectivity index (χ0n) is 9.45. The van der Waals surface area contributed by atoms with E-state index in [1.807, 2.05) is 0 Å². The Morgan fingerprint density at radius 2 is 1.93 bits per heavy atom. The molecule has 0 aromatic rings. The molecule has 3 nitrogen and oxygen atoms in total. The number of hydrogen-bond acceptors (Lipinski definition) is 3. The minimum Gasteiger partial charge on any atom is -0.387 e. The van der Waals surface area contributed by atoms with Crippen LogP contribution in [-0.2, 0) is 4.74 Å². The second kappa shape index (κ2) is 4.81. The highest BCUT2D eigenvalue weighted by atomic mass is 16.5. The highest BCUT2D eigenvalue weighted by Gasteiger charge is 2.34. The SMILES string of the molecule is NCC1CCCC1OCC1(O)CCCC1. The summed E-state index contributed by atoms with van der Waals surface area (Å²) in [6.07, 6.45) is 7.96. The predicted octanol–water partition coefficient (Wildman–Crippen LogP) is 1.44. The van der Waals surface area contributed by atoms with Crippen LogP contribution >= 0.6 is 0 Å². The van der Waals surface area contributed by atoms with Crippen LogP contribution in [0.1, 0.15) is 44.9 Å². The zero-order chi connectivity index (χ0) is 10.7. The summed E-state index contributed by atoms with van der Waals surface area (Å²) in [7, 11) is 0. The Kier molecular flexibility index (Phi) is 3.65. The fourth-order valence-electron chi connectivity index (χ4n) is 2.93. The smallest absolute Gasteiger partial charge is 0.0880 e. The topological polar surface area (TPSA) is 55.5 Å². The first-order valence-corrected chi connectivity index (χ1v) is 6.27. The van der Waals surface area contributed by atoms with E-state index < -0.39 is 5.60 Å². The third-order valence-corrected chi connectivity index (χ3v) is 3.99. The molecule has 2 fully saturated rings. The second-order valence-corrected chi connectivity index (χ2v) is 5.21. The van der Waals surface area contributed by atoms with Crippen molar-refractivity contribution in [3.63, 3.8) is 0 Å². The van der Waals surface area contributed by atoms with Crippen molar-refractivity contribution in [3.8, 4) is 0 Å². The first-order chi connectivity index (χ1) is 7.23. The maximum atomic E-state index is 10.2. The van der Waals surface area contributed by atoms with Gasteiger partial charge in [0.15, 0.2) is 0 Å². The average molecular weight is 213 g/mol. The molecule has 2 unspecified atom stereocenters. The standard InChI is InChI=1S/C12H23NO2/c13-8-10-4-3-5-11(10)15-9-12(14)6-1-2-7-12/h10-11,14H,1-9,13H2. The molecule has 88 valence electrons. The van der Waals surface area contributed by atoms with E-state index >= 15 is 0 Å². The van der Waals surface area contributed by atoms with E-state index in [4.69, 9.17) is 10.5 Å². The lowest BCUT2D eigenvalue weighted by atomic mass is 10.0. The summed E-state index contributed by atoms with van der Waals surface area (Å²) < 4.78 is 5.86. The lowest BCUT2D eigenvalue weighted by Crippen LogP contribution is -2.35. The molecular weight excluding hydrogens is 190 g/mol. The van der Waals surface area contributed by atoms with Gasteiger partial charge >= 0.3 is 0 Å². The molecule has 3 heteroatoms. The molecule has 15 heavy (non-hydrogen) atoms. The van der Waals surface area contributed by atoms with Gasteiger partial charge in [-0.05, 0) is 38.1 Å². The van der Waals surface area contributed by atoms with E-state index in [1.165, 1.54) is 12.8 Å². The molecule has 0 aliphatic heterocycles. The van der Waals surface area contributed by atoms with E-state index in [-0.39, 0.29) is 0 Å². The van der Waals surface area contributed by atoms with Crippen LogP contribution in [0.4, 0.5) is 0 Å². The lowest BCUT2D eigenvalue weighted by molar-refractivity contribution is -0.0772. The van der Waals surface area contributed by atoms with Crippen molar-refractivity contribution >= 4 is 0 Å². The Labute approximate surface area is 92.0 Å². The molecule has 2 aliphatic rings. The first kappa shape index (κ1) is 11.4. The minimum absolute atomic E-state index is 0.305. The molecule has 0 amide bonds. The Morgan fingerprint density at radius 1 is 1.20 bits per heavy atom. The van der Waals surface area contributed by atoms with Gasteiger partial charge < -0.3 is 15.6 Å². The molecule has 0 aromatic heterocycles. The Balaban J connectivity index is 1.77. The number of nitrogens with two attached hydrogens (primary N) is 1. The number of aliphatic hydroxyl groups is 1. The fourth-order valence-corrected chi connectivity index (χ4v) is 2.93. The molecule has 2 aliphatic carbocycles. The Hall–Kier alpha value is -0.120. The fraction of sp³-hybridized carbons (Fsp3) is 1.00. The lowest BCUT2D eigenvalue weighted by Gasteiger charge is -2.26. The summed E-state index contributed by atoms with van der Waals surface area (Å²) in [5.74, 6) is 0.523. The maximum absolute atomic E-state index is 10.2. The largest absolute Gasteiger partial charge is 0.387 e. The Bertz CT molecular complexity index is 202. The van der Waals surface area contributed by atoms with E-state index in [9.17, 15) is 5.11 Å². The van der Waals surface area contributed by atoms with Gasteiger partial charge in [0, 0.05) is 0 Å². The summed E-state index contributed by atoms with van der Waals surface area (Å²) in [5.41, 5.74) is 5.17. The predicted molar refractivity (Wildman–Crippen MR) is 59.6 cm³/mol. The van der Waals surface area contributed by atoms with Crippen molar-refractivity contribution in [3.05, 3.63) is 0 Å². The molecule has 0 aromatic carbocycles. The van der Waals surface area contributed by atoms with Crippen molar-refractivity contribution in [2.24, 2.45) is 11.7 Å². The van der Waals surface area contributed by atoms with Crippen molar-refractivity contribution in [2.45, 2.75) is 56.7 Å². The van der Waals surface area contributed by atoms with Crippen LogP contribution in [0.2, 0.25) is 0 Å². The van der Waals surface area contributed by atoms with Crippen LogP contribution in [-0.4, -0.2) is 30.0 Å². The first-order valence-electron chi connectivity index (χ1n) is 6.27. The van der Waals surface area contributed by atoms with Crippen molar-refractivity contribution in [1.82, 2.24) is 0 Å². The quantitative estimate of drug-likeness (QED) is 0.743. The van der Waals surface area contributed by atoms with Gasteiger partial charge in [0.05, 0.1) is 18.3 Å². The van der Waals surface area contributed by atoms with Gasteiger partial charge in [-0.3, -0.25) is 0 Å². The molecule has 2 atom stereocenters. The molecule has 2 rings (SSSR count). The number of ether oxygens (including phenoxy) is 1. The zero-order valence-corrected chi connectivity index (χ0v) is 9.45. The van der Waals surface area contributed by atoms with Gasteiger partial charge in [-0.25, -0.2) is 0 Å². The molecule has 0 bridgehead atoms. The normalized spacial score (nSPS) is 34.8. The molecule has 0 spiro atoms. The minimum atomic E-state index is -0.526. The van der Waals surface area contributed by atoms with E-state index in [2.05, 4.69) is 0 Å². The van der Waals surface area contributed by atoms with Crippen LogP contribution in [0, 0.1) is 5.92 Å². The summed E-state index contributed by atoms with van der Waals surface area (Å²) in [4.78, 5) is 0. The van der Waals surface area contributed by atoms with Gasteiger partial charge in [0.1, 0.15) is 0 Å². The molecule has 0 radical (unpaired) electrons. The van der Waals surface area contributed by atoms with Crippen LogP contribution in [0.25, 0.3) is 0 Å². The van der Waals surface area contributed by atoms with Gasteiger partial charge in [-0.1, -0.05) is 19.3 Å². The molecule has 3 N–H and O–H groups in total. The number of hydrogen-bond donors (Lipinski definition) is 2. The average Bonchev–Trinajstić information content (AvgIpc) is 2.84. The maximum Gasteiger partial charge on any atom is 0.0880 e. The van der Waals surface area contributed by atoms with Crippen LogP contribution < -0.4 is 5.73 Å². The highest BCUT2D eigenvalue weighted by molar-refractivity contribution is 4.86. The molecule has 0 saturated heterocycles. The van der Waals surface area contributed by atoms with Crippen molar-refractivity contribution in [2.75, 3.05) is 13.2 Å². The monoisotopic (exact) mass is 213 g/mol. The van der Waals surface area contributed by atoms with Crippen LogP contribution in [0.15, 0.2) is 0 Å². The summed E-state index contributed by atoms with van der Waals surface area (Å²) in [6, 6.07) is 0. The molecule has 2 saturated carbocycles. The summed E-state index contributed by atoms with van der Waals surface area (Å²) in [6.45, 7) is 1.25. The highest BCUT2D eigenvalue weighted by Crippen LogP contribution is 2.33. The third kappa shape index (κ3) is 2.71. The molecular formula is C12H23NO2.